The molecule has 2 nitrogen and oxygen atoms in total. The third-order valence-corrected chi connectivity index (χ3v) is 10.4. The van der Waals surface area contributed by atoms with Gasteiger partial charge in [-0.2, -0.15) is 0 Å². The minimum atomic E-state index is -1.95. The predicted molar refractivity (Wildman–Crippen MR) is 88.2 cm³/mol. The molecule has 0 bridgehead atoms. The monoisotopic (exact) mass is 292 g/mol. The summed E-state index contributed by atoms with van der Waals surface area (Å²) >= 11 is 0. The van der Waals surface area contributed by atoms with Crippen molar-refractivity contribution in [2.24, 2.45) is 0 Å². The molecule has 3 heteroatoms. The van der Waals surface area contributed by atoms with E-state index in [0.29, 0.717) is 16.6 Å². The zero-order valence-electron chi connectivity index (χ0n) is 13.9. The van der Waals surface area contributed by atoms with E-state index in [9.17, 15) is 4.79 Å². The van der Waals surface area contributed by atoms with Crippen LogP contribution in [0.2, 0.25) is 16.6 Å². The van der Waals surface area contributed by atoms with Gasteiger partial charge >= 0.3 is 0 Å². The van der Waals surface area contributed by atoms with E-state index in [2.05, 4.69) is 41.5 Å². The summed E-state index contributed by atoms with van der Waals surface area (Å²) in [6.45, 7) is 15.6. The van der Waals surface area contributed by atoms with E-state index in [4.69, 9.17) is 4.43 Å². The second-order valence-corrected chi connectivity index (χ2v) is 11.9. The number of hydrogen-bond acceptors (Lipinski definition) is 2. The molecule has 0 aliphatic heterocycles. The van der Waals surface area contributed by atoms with Crippen LogP contribution in [-0.4, -0.2) is 14.6 Å². The van der Waals surface area contributed by atoms with Gasteiger partial charge in [0.1, 0.15) is 12.0 Å². The number of benzene rings is 1. The molecule has 0 saturated heterocycles. The topological polar surface area (TPSA) is 26.3 Å². The summed E-state index contributed by atoms with van der Waals surface area (Å²) in [5.74, 6) is 0.886. The van der Waals surface area contributed by atoms with Gasteiger partial charge in [-0.25, -0.2) is 0 Å². The number of carbonyl (C=O) groups is 1. The van der Waals surface area contributed by atoms with Gasteiger partial charge < -0.3 is 4.43 Å². The molecular weight excluding hydrogens is 264 g/mol. The summed E-state index contributed by atoms with van der Waals surface area (Å²) in [5.41, 5.74) is 3.27. The Labute approximate surface area is 124 Å². The lowest BCUT2D eigenvalue weighted by Gasteiger charge is -2.42. The molecule has 0 aromatic heterocycles. The van der Waals surface area contributed by atoms with Crippen LogP contribution in [-0.2, 0) is 0 Å². The van der Waals surface area contributed by atoms with E-state index in [1.54, 1.807) is 0 Å². The van der Waals surface area contributed by atoms with Crippen LogP contribution in [0.5, 0.6) is 5.75 Å². The molecule has 0 saturated carbocycles. The van der Waals surface area contributed by atoms with Crippen molar-refractivity contribution in [1.29, 1.82) is 0 Å². The third-order valence-electron chi connectivity index (χ3n) is 4.45. The maximum absolute atomic E-state index is 11.1. The third kappa shape index (κ3) is 2.98. The molecule has 1 aromatic rings. The van der Waals surface area contributed by atoms with Gasteiger partial charge in [0, 0.05) is 11.1 Å². The average molecular weight is 292 g/mol. The Morgan fingerprint density at radius 1 is 1.00 bits per heavy atom. The summed E-state index contributed by atoms with van der Waals surface area (Å²) in [5, 5.41) is 0. The number of aldehydes is 1. The normalized spacial score (nSPS) is 12.3. The first kappa shape index (κ1) is 17.0. The molecule has 0 atom stereocenters. The molecule has 112 valence electrons. The molecule has 0 aliphatic rings. The molecule has 0 unspecified atom stereocenters. The Kier molecular flexibility index (Phi) is 5.57. The van der Waals surface area contributed by atoms with Crippen LogP contribution in [0.25, 0.3) is 0 Å². The van der Waals surface area contributed by atoms with E-state index in [1.165, 1.54) is 0 Å². The molecule has 0 heterocycles. The maximum Gasteiger partial charge on any atom is 0.258 e. The minimum absolute atomic E-state index is 0.529. The molecule has 0 amide bonds. The van der Waals surface area contributed by atoms with Crippen molar-refractivity contribution in [1.82, 2.24) is 0 Å². The van der Waals surface area contributed by atoms with Gasteiger partial charge in [-0.3, -0.25) is 4.79 Å². The van der Waals surface area contributed by atoms with E-state index in [0.717, 1.165) is 23.2 Å². The van der Waals surface area contributed by atoms with Gasteiger partial charge in [0.15, 0.2) is 0 Å². The number of carbonyl (C=O) groups excluding carboxylic acids is 1. The summed E-state index contributed by atoms with van der Waals surface area (Å²) in [6.07, 6.45) is 0.908. The first-order valence-corrected chi connectivity index (χ1v) is 9.65. The fourth-order valence-electron chi connectivity index (χ4n) is 3.41. The first-order chi connectivity index (χ1) is 9.27. The van der Waals surface area contributed by atoms with Gasteiger partial charge in [-0.1, -0.05) is 53.7 Å². The summed E-state index contributed by atoms with van der Waals surface area (Å²) < 4.78 is 6.64. The molecular formula is C17H28O2Si. The van der Waals surface area contributed by atoms with Gasteiger partial charge in [0.25, 0.3) is 8.32 Å². The highest BCUT2D eigenvalue weighted by Crippen LogP contribution is 2.43. The second kappa shape index (κ2) is 6.57. The Bertz CT molecular complexity index is 442. The van der Waals surface area contributed by atoms with Crippen LogP contribution in [0.4, 0.5) is 0 Å². The first-order valence-electron chi connectivity index (χ1n) is 7.51. The van der Waals surface area contributed by atoms with Crippen molar-refractivity contribution in [2.45, 2.75) is 65.1 Å². The number of rotatable bonds is 6. The Hall–Kier alpha value is -1.09. The van der Waals surface area contributed by atoms with Crippen molar-refractivity contribution in [2.75, 3.05) is 0 Å². The van der Waals surface area contributed by atoms with Crippen molar-refractivity contribution < 1.29 is 9.22 Å². The van der Waals surface area contributed by atoms with Gasteiger partial charge in [0.05, 0.1) is 0 Å². The molecule has 0 N–H and O–H groups in total. The highest BCUT2D eigenvalue weighted by Gasteiger charge is 2.47. The molecule has 1 rings (SSSR count). The molecule has 0 radical (unpaired) electrons. The highest BCUT2D eigenvalue weighted by molar-refractivity contribution is 6.78. The number of hydrogen-bond donors (Lipinski definition) is 0. The average Bonchev–Trinajstić information content (AvgIpc) is 2.36. The van der Waals surface area contributed by atoms with Gasteiger partial charge in [0.2, 0.25) is 0 Å². The lowest BCUT2D eigenvalue weighted by Crippen LogP contribution is -2.50. The molecule has 0 fully saturated rings. The second-order valence-electron chi connectivity index (χ2n) is 6.51. The van der Waals surface area contributed by atoms with Crippen molar-refractivity contribution in [3.05, 3.63) is 29.3 Å². The highest BCUT2D eigenvalue weighted by atomic mass is 28.4. The Balaban J connectivity index is 3.30. The zero-order chi connectivity index (χ0) is 15.5. The van der Waals surface area contributed by atoms with Crippen LogP contribution < -0.4 is 4.43 Å². The van der Waals surface area contributed by atoms with Crippen molar-refractivity contribution in [3.8, 4) is 5.75 Å². The molecule has 0 aliphatic carbocycles. The standard InChI is InChI=1S/C17H28O2Si/c1-12(2)20(13(3)4,14(5)6)19-17-10-8-9-16(11-18)15(17)7/h8-14H,1-7H3. The fourth-order valence-corrected chi connectivity index (χ4v) is 8.72. The van der Waals surface area contributed by atoms with E-state index >= 15 is 0 Å². The summed E-state index contributed by atoms with van der Waals surface area (Å²) in [6, 6.07) is 5.75. The summed E-state index contributed by atoms with van der Waals surface area (Å²) in [7, 11) is -1.95. The van der Waals surface area contributed by atoms with Crippen LogP contribution in [0.3, 0.4) is 0 Å². The molecule has 20 heavy (non-hydrogen) atoms. The summed E-state index contributed by atoms with van der Waals surface area (Å²) in [4.78, 5) is 11.1. The lowest BCUT2D eigenvalue weighted by atomic mass is 10.1. The Morgan fingerprint density at radius 2 is 1.50 bits per heavy atom. The van der Waals surface area contributed by atoms with E-state index in [1.807, 2.05) is 25.1 Å². The van der Waals surface area contributed by atoms with Gasteiger partial charge in [-0.05, 0) is 29.6 Å². The SMILES string of the molecule is Cc1c(C=O)cccc1O[Si](C(C)C)(C(C)C)C(C)C. The van der Waals surface area contributed by atoms with Crippen LogP contribution in [0, 0.1) is 6.92 Å². The van der Waals surface area contributed by atoms with E-state index in [-0.39, 0.29) is 0 Å². The maximum atomic E-state index is 11.1. The van der Waals surface area contributed by atoms with Crippen LogP contribution in [0.15, 0.2) is 18.2 Å². The van der Waals surface area contributed by atoms with Crippen LogP contribution >= 0.6 is 0 Å². The predicted octanol–water partition coefficient (Wildman–Crippen LogP) is 5.36. The quantitative estimate of drug-likeness (QED) is 0.521. The van der Waals surface area contributed by atoms with Crippen molar-refractivity contribution >= 4 is 14.6 Å². The minimum Gasteiger partial charge on any atom is -0.542 e. The molecule has 1 aromatic carbocycles. The van der Waals surface area contributed by atoms with Crippen molar-refractivity contribution in [3.63, 3.8) is 0 Å². The molecule has 0 spiro atoms. The zero-order valence-corrected chi connectivity index (χ0v) is 14.9. The lowest BCUT2D eigenvalue weighted by molar-refractivity contribution is 0.112. The van der Waals surface area contributed by atoms with Gasteiger partial charge in [-0.15, -0.1) is 0 Å². The Morgan fingerprint density at radius 3 is 1.90 bits per heavy atom. The largest absolute Gasteiger partial charge is 0.542 e. The fraction of sp³-hybridized carbons (Fsp3) is 0.588. The van der Waals surface area contributed by atoms with E-state index < -0.39 is 8.32 Å². The van der Waals surface area contributed by atoms with Crippen LogP contribution in [0.1, 0.15) is 57.5 Å². The smallest absolute Gasteiger partial charge is 0.258 e.